The molecule has 3 aromatic carbocycles. The van der Waals surface area contributed by atoms with E-state index < -0.39 is 20.9 Å². The molecule has 0 bridgehead atoms. The first-order valence-corrected chi connectivity index (χ1v) is 9.67. The molecule has 0 saturated heterocycles. The molecule has 0 fully saturated rings. The number of benzene rings is 3. The summed E-state index contributed by atoms with van der Waals surface area (Å²) in [5.74, 6) is -0.613. The number of carbonyl (C=O) groups is 1. The Hall–Kier alpha value is -2.69. The topological polar surface area (TPSA) is 46.5 Å². The van der Waals surface area contributed by atoms with E-state index in [2.05, 4.69) is 0 Å². The molecule has 0 aliphatic rings. The molecule has 0 atom stereocenters. The standard InChI is InChI=1S/C20H18O3Si/c21-16-20(22)23-24(17-10-4-1-5-11-17,18-12-6-2-7-13-18)19-14-8-3-9-15-19/h1-15,21H,16H2. The van der Waals surface area contributed by atoms with E-state index in [9.17, 15) is 9.90 Å². The van der Waals surface area contributed by atoms with Crippen LogP contribution in [0.1, 0.15) is 0 Å². The van der Waals surface area contributed by atoms with Crippen molar-refractivity contribution in [2.75, 3.05) is 6.61 Å². The maximum atomic E-state index is 12.1. The van der Waals surface area contributed by atoms with Crippen LogP contribution in [0.4, 0.5) is 0 Å². The summed E-state index contributed by atoms with van der Waals surface area (Å²) < 4.78 is 6.00. The van der Waals surface area contributed by atoms with E-state index in [0.29, 0.717) is 0 Å². The molecule has 0 spiro atoms. The fraction of sp³-hybridized carbons (Fsp3) is 0.0500. The van der Waals surface area contributed by atoms with Crippen molar-refractivity contribution in [1.29, 1.82) is 0 Å². The van der Waals surface area contributed by atoms with Gasteiger partial charge in [-0.3, -0.25) is 4.79 Å². The number of carbonyl (C=O) groups excluding carboxylic acids is 1. The number of aliphatic hydroxyl groups excluding tert-OH is 1. The second-order valence-corrected chi connectivity index (χ2v) is 8.71. The van der Waals surface area contributed by atoms with Gasteiger partial charge >= 0.3 is 14.3 Å². The Labute approximate surface area is 142 Å². The molecule has 3 nitrogen and oxygen atoms in total. The van der Waals surface area contributed by atoms with Crippen LogP contribution in [0.25, 0.3) is 0 Å². The van der Waals surface area contributed by atoms with Crippen LogP contribution in [-0.4, -0.2) is 26.0 Å². The summed E-state index contributed by atoms with van der Waals surface area (Å²) in [7, 11) is -3.02. The SMILES string of the molecule is O=C(CO)O[Si](c1ccccc1)(c1ccccc1)c1ccccc1. The molecule has 3 aromatic rings. The van der Waals surface area contributed by atoms with Crippen LogP contribution >= 0.6 is 0 Å². The summed E-state index contributed by atoms with van der Waals surface area (Å²) in [6.07, 6.45) is 0. The Morgan fingerprint density at radius 1 is 0.708 bits per heavy atom. The van der Waals surface area contributed by atoms with Crippen LogP contribution in [0, 0.1) is 0 Å². The Balaban J connectivity index is 2.30. The second kappa shape index (κ2) is 7.25. The molecule has 0 heterocycles. The van der Waals surface area contributed by atoms with Crippen molar-refractivity contribution in [1.82, 2.24) is 0 Å². The van der Waals surface area contributed by atoms with Crippen molar-refractivity contribution in [2.24, 2.45) is 0 Å². The third kappa shape index (κ3) is 3.02. The van der Waals surface area contributed by atoms with E-state index in [1.54, 1.807) is 0 Å². The lowest BCUT2D eigenvalue weighted by molar-refractivity contribution is -0.137. The number of rotatable bonds is 5. The van der Waals surface area contributed by atoms with E-state index in [1.165, 1.54) is 0 Å². The van der Waals surface area contributed by atoms with Crippen LogP contribution in [-0.2, 0) is 9.22 Å². The summed E-state index contributed by atoms with van der Waals surface area (Å²) in [5, 5.41) is 12.2. The maximum absolute atomic E-state index is 12.1. The highest BCUT2D eigenvalue weighted by Gasteiger charge is 2.45. The highest BCUT2D eigenvalue weighted by Crippen LogP contribution is 2.10. The molecular formula is C20H18O3Si. The molecule has 1 N–H and O–H groups in total. The first-order chi connectivity index (χ1) is 11.8. The third-order valence-electron chi connectivity index (χ3n) is 3.94. The summed E-state index contributed by atoms with van der Waals surface area (Å²) in [5.41, 5.74) is 0. The van der Waals surface area contributed by atoms with Gasteiger partial charge in [-0.15, -0.1) is 0 Å². The number of hydrogen-bond acceptors (Lipinski definition) is 3. The second-order valence-electron chi connectivity index (χ2n) is 5.41. The van der Waals surface area contributed by atoms with Crippen molar-refractivity contribution >= 4 is 29.8 Å². The Morgan fingerprint density at radius 3 is 1.33 bits per heavy atom. The Morgan fingerprint density at radius 2 is 1.04 bits per heavy atom. The van der Waals surface area contributed by atoms with Gasteiger partial charge in [-0.1, -0.05) is 91.0 Å². The summed E-state index contributed by atoms with van der Waals surface area (Å²) in [6, 6.07) is 29.4. The monoisotopic (exact) mass is 334 g/mol. The number of hydrogen-bond donors (Lipinski definition) is 1. The highest BCUT2D eigenvalue weighted by molar-refractivity contribution is 7.07. The van der Waals surface area contributed by atoms with Gasteiger partial charge in [0, 0.05) is 0 Å². The Bertz CT molecular complexity index is 692. The minimum Gasteiger partial charge on any atom is -0.504 e. The first-order valence-electron chi connectivity index (χ1n) is 7.76. The fourth-order valence-electron chi connectivity index (χ4n) is 2.90. The van der Waals surface area contributed by atoms with Crippen LogP contribution in [0.3, 0.4) is 0 Å². The zero-order valence-electron chi connectivity index (χ0n) is 13.1. The van der Waals surface area contributed by atoms with Crippen LogP contribution < -0.4 is 15.6 Å². The molecule has 0 amide bonds. The summed E-state index contributed by atoms with van der Waals surface area (Å²) in [4.78, 5) is 12.1. The van der Waals surface area contributed by atoms with Gasteiger partial charge in [0.2, 0.25) is 0 Å². The van der Waals surface area contributed by atoms with Gasteiger partial charge in [-0.05, 0) is 15.6 Å². The molecule has 4 heteroatoms. The average molecular weight is 334 g/mol. The lowest BCUT2D eigenvalue weighted by Gasteiger charge is -2.32. The van der Waals surface area contributed by atoms with Crippen molar-refractivity contribution in [3.05, 3.63) is 91.0 Å². The molecule has 0 saturated carbocycles. The highest BCUT2D eigenvalue weighted by atomic mass is 28.4. The van der Waals surface area contributed by atoms with Crippen LogP contribution in [0.2, 0.25) is 0 Å². The van der Waals surface area contributed by atoms with E-state index in [0.717, 1.165) is 15.6 Å². The Kier molecular flexibility index (Phi) is 4.89. The maximum Gasteiger partial charge on any atom is 0.350 e. The van der Waals surface area contributed by atoms with Gasteiger partial charge < -0.3 is 9.53 Å². The van der Waals surface area contributed by atoms with E-state index in [1.807, 2.05) is 91.0 Å². The van der Waals surface area contributed by atoms with Gasteiger partial charge in [0.05, 0.1) is 0 Å². The molecule has 0 radical (unpaired) electrons. The molecule has 0 unspecified atom stereocenters. The molecule has 24 heavy (non-hydrogen) atoms. The van der Waals surface area contributed by atoms with Gasteiger partial charge in [0.1, 0.15) is 6.61 Å². The zero-order valence-corrected chi connectivity index (χ0v) is 14.1. The molecule has 0 aliphatic carbocycles. The predicted octanol–water partition coefficient (Wildman–Crippen LogP) is 1.19. The average Bonchev–Trinajstić information content (AvgIpc) is 2.68. The summed E-state index contributed by atoms with van der Waals surface area (Å²) >= 11 is 0. The summed E-state index contributed by atoms with van der Waals surface area (Å²) in [6.45, 7) is -0.638. The lowest BCUT2D eigenvalue weighted by Crippen LogP contribution is -2.70. The van der Waals surface area contributed by atoms with E-state index >= 15 is 0 Å². The molecule has 3 rings (SSSR count). The number of aliphatic hydroxyl groups is 1. The first kappa shape index (κ1) is 16.2. The minimum absolute atomic E-state index is 0.613. The van der Waals surface area contributed by atoms with Gasteiger partial charge in [0.25, 0.3) is 0 Å². The van der Waals surface area contributed by atoms with Gasteiger partial charge in [-0.2, -0.15) is 0 Å². The van der Waals surface area contributed by atoms with Crippen molar-refractivity contribution in [3.63, 3.8) is 0 Å². The van der Waals surface area contributed by atoms with Crippen molar-refractivity contribution in [3.8, 4) is 0 Å². The predicted molar refractivity (Wildman–Crippen MR) is 97.2 cm³/mol. The third-order valence-corrected chi connectivity index (χ3v) is 7.91. The molecule has 0 aliphatic heterocycles. The quantitative estimate of drug-likeness (QED) is 0.563. The van der Waals surface area contributed by atoms with Gasteiger partial charge in [0.15, 0.2) is 0 Å². The lowest BCUT2D eigenvalue weighted by atomic mass is 10.3. The molecule has 0 aromatic heterocycles. The normalized spacial score (nSPS) is 11.0. The van der Waals surface area contributed by atoms with Crippen molar-refractivity contribution < 1.29 is 14.3 Å². The smallest absolute Gasteiger partial charge is 0.350 e. The molecular weight excluding hydrogens is 316 g/mol. The van der Waals surface area contributed by atoms with Crippen LogP contribution in [0.15, 0.2) is 91.0 Å². The van der Waals surface area contributed by atoms with E-state index in [-0.39, 0.29) is 0 Å². The fourth-order valence-corrected chi connectivity index (χ4v) is 6.64. The zero-order chi connectivity index (χ0) is 16.8. The minimum atomic E-state index is -3.02. The van der Waals surface area contributed by atoms with Gasteiger partial charge in [-0.25, -0.2) is 0 Å². The van der Waals surface area contributed by atoms with Crippen molar-refractivity contribution in [2.45, 2.75) is 0 Å². The van der Waals surface area contributed by atoms with Crippen LogP contribution in [0.5, 0.6) is 0 Å². The van der Waals surface area contributed by atoms with E-state index in [4.69, 9.17) is 4.43 Å². The molecule has 120 valence electrons. The largest absolute Gasteiger partial charge is 0.504 e.